The average Bonchev–Trinajstić information content (AvgIpc) is 3.24. The number of hydrogen-bond donors (Lipinski definition) is 2. The fourth-order valence-electron chi connectivity index (χ4n) is 3.68. The minimum Gasteiger partial charge on any atom is -0.352 e. The van der Waals surface area contributed by atoms with E-state index in [2.05, 4.69) is 20.5 Å². The number of carbonyl (C=O) groups is 2. The Balaban J connectivity index is 1.29. The van der Waals surface area contributed by atoms with E-state index in [4.69, 9.17) is 0 Å². The highest BCUT2D eigenvalue weighted by Crippen LogP contribution is 2.30. The van der Waals surface area contributed by atoms with Crippen molar-refractivity contribution in [2.45, 2.75) is 32.1 Å². The zero-order valence-corrected chi connectivity index (χ0v) is 14.2. The van der Waals surface area contributed by atoms with Crippen LogP contribution < -0.4 is 5.32 Å². The normalized spacial score (nSPS) is 20.6. The lowest BCUT2D eigenvalue weighted by Gasteiger charge is -2.27. The fourth-order valence-corrected chi connectivity index (χ4v) is 3.68. The monoisotopic (exact) mass is 341 g/mol. The van der Waals surface area contributed by atoms with Crippen molar-refractivity contribution in [1.82, 2.24) is 25.4 Å². The molecular weight excluding hydrogens is 318 g/mol. The number of carbonyl (C=O) groups excluding carboxylic acids is 2. The Labute approximate surface area is 146 Å². The Kier molecular flexibility index (Phi) is 4.38. The zero-order chi connectivity index (χ0) is 17.2. The molecule has 2 amide bonds. The molecule has 1 unspecified atom stereocenters. The second-order valence-electron chi connectivity index (χ2n) is 7.20. The molecule has 1 saturated heterocycles. The van der Waals surface area contributed by atoms with Gasteiger partial charge in [0.15, 0.2) is 5.65 Å². The third-order valence-corrected chi connectivity index (χ3v) is 5.48. The highest BCUT2D eigenvalue weighted by atomic mass is 16.2. The van der Waals surface area contributed by atoms with Gasteiger partial charge in [0, 0.05) is 32.3 Å². The molecule has 0 radical (unpaired) electrons. The maximum Gasteiger partial charge on any atom is 0.252 e. The number of nitrogens with zero attached hydrogens (tertiary/aromatic N) is 3. The van der Waals surface area contributed by atoms with E-state index in [1.165, 1.54) is 19.3 Å². The summed E-state index contributed by atoms with van der Waals surface area (Å²) < 4.78 is 0. The van der Waals surface area contributed by atoms with Crippen LogP contribution in [0.2, 0.25) is 0 Å². The van der Waals surface area contributed by atoms with Crippen LogP contribution in [0.1, 0.15) is 42.5 Å². The minimum atomic E-state index is -0.118. The predicted molar refractivity (Wildman–Crippen MR) is 92.9 cm³/mol. The lowest BCUT2D eigenvalue weighted by molar-refractivity contribution is -0.131. The van der Waals surface area contributed by atoms with Crippen molar-refractivity contribution in [1.29, 1.82) is 0 Å². The largest absolute Gasteiger partial charge is 0.352 e. The molecule has 1 aliphatic heterocycles. The van der Waals surface area contributed by atoms with Crippen LogP contribution in [-0.2, 0) is 4.79 Å². The first-order valence-electron chi connectivity index (χ1n) is 9.05. The summed E-state index contributed by atoms with van der Waals surface area (Å²) in [6.07, 6.45) is 8.55. The Hall–Kier alpha value is -2.44. The molecule has 25 heavy (non-hydrogen) atoms. The molecule has 1 aliphatic carbocycles. The van der Waals surface area contributed by atoms with Gasteiger partial charge in [-0.25, -0.2) is 4.98 Å². The number of likely N-dealkylation sites (tertiary alicyclic amines) is 1. The van der Waals surface area contributed by atoms with Crippen molar-refractivity contribution in [3.63, 3.8) is 0 Å². The molecule has 2 N–H and O–H groups in total. The molecule has 132 valence electrons. The number of hydrogen-bond acceptors (Lipinski definition) is 4. The molecule has 1 saturated carbocycles. The van der Waals surface area contributed by atoms with Gasteiger partial charge in [0.05, 0.1) is 17.1 Å². The second-order valence-corrected chi connectivity index (χ2v) is 7.20. The van der Waals surface area contributed by atoms with Gasteiger partial charge in [-0.05, 0) is 37.2 Å². The van der Waals surface area contributed by atoms with Crippen LogP contribution in [0.5, 0.6) is 0 Å². The fraction of sp³-hybridized carbons (Fsp3) is 0.556. The standard InChI is InChI=1S/C18H23N5O2/c24-16(8-12-2-1-3-12)23-7-5-13(11-23)9-20-18(25)14-4-6-19-17-15(14)10-21-22-17/h4,6,10,12-13H,1-3,5,7-9,11H2,(H,20,25)(H,19,21,22). The van der Waals surface area contributed by atoms with Crippen molar-refractivity contribution < 1.29 is 9.59 Å². The van der Waals surface area contributed by atoms with Gasteiger partial charge < -0.3 is 10.2 Å². The minimum absolute atomic E-state index is 0.118. The van der Waals surface area contributed by atoms with Crippen LogP contribution in [0.4, 0.5) is 0 Å². The van der Waals surface area contributed by atoms with Gasteiger partial charge in [-0.2, -0.15) is 5.10 Å². The number of aromatic nitrogens is 3. The highest BCUT2D eigenvalue weighted by Gasteiger charge is 2.29. The van der Waals surface area contributed by atoms with Gasteiger partial charge in [-0.1, -0.05) is 6.42 Å². The topological polar surface area (TPSA) is 91.0 Å². The van der Waals surface area contributed by atoms with E-state index in [9.17, 15) is 9.59 Å². The summed E-state index contributed by atoms with van der Waals surface area (Å²) in [7, 11) is 0. The molecule has 0 aromatic carbocycles. The first kappa shape index (κ1) is 16.1. The Morgan fingerprint density at radius 2 is 2.16 bits per heavy atom. The lowest BCUT2D eigenvalue weighted by atomic mass is 9.83. The number of fused-ring (bicyclic) bond motifs is 1. The summed E-state index contributed by atoms with van der Waals surface area (Å²) in [6.45, 7) is 2.16. The van der Waals surface area contributed by atoms with E-state index in [1.54, 1.807) is 18.5 Å². The van der Waals surface area contributed by atoms with Crippen molar-refractivity contribution in [2.75, 3.05) is 19.6 Å². The molecule has 7 heteroatoms. The Morgan fingerprint density at radius 1 is 1.28 bits per heavy atom. The lowest BCUT2D eigenvalue weighted by Crippen LogP contribution is -2.34. The van der Waals surface area contributed by atoms with E-state index in [1.807, 2.05) is 4.90 Å². The number of aromatic amines is 1. The maximum atomic E-state index is 12.5. The third kappa shape index (κ3) is 3.36. The molecule has 2 fully saturated rings. The summed E-state index contributed by atoms with van der Waals surface area (Å²) in [6, 6.07) is 1.70. The summed E-state index contributed by atoms with van der Waals surface area (Å²) in [5.74, 6) is 1.10. The first-order valence-corrected chi connectivity index (χ1v) is 9.05. The van der Waals surface area contributed by atoms with Crippen LogP contribution >= 0.6 is 0 Å². The molecule has 4 rings (SSSR count). The summed E-state index contributed by atoms with van der Waals surface area (Å²) in [4.78, 5) is 30.9. The molecule has 0 spiro atoms. The maximum absolute atomic E-state index is 12.5. The molecule has 0 bridgehead atoms. The number of H-pyrrole nitrogens is 1. The van der Waals surface area contributed by atoms with E-state index < -0.39 is 0 Å². The molecule has 3 heterocycles. The SMILES string of the molecule is O=C(NCC1CCN(C(=O)CC2CCC2)C1)c1ccnc2[nH]ncc12. The van der Waals surface area contributed by atoms with Crippen molar-refractivity contribution in [3.05, 3.63) is 24.0 Å². The number of rotatable bonds is 5. The van der Waals surface area contributed by atoms with Gasteiger partial charge in [0.25, 0.3) is 5.91 Å². The van der Waals surface area contributed by atoms with E-state index in [0.717, 1.165) is 24.9 Å². The molecule has 2 aliphatic rings. The van der Waals surface area contributed by atoms with Gasteiger partial charge in [0.1, 0.15) is 0 Å². The smallest absolute Gasteiger partial charge is 0.252 e. The van der Waals surface area contributed by atoms with Crippen LogP contribution in [0.3, 0.4) is 0 Å². The number of nitrogens with one attached hydrogen (secondary N) is 2. The molecule has 7 nitrogen and oxygen atoms in total. The molecule has 2 aromatic rings. The number of amides is 2. The van der Waals surface area contributed by atoms with E-state index in [-0.39, 0.29) is 11.8 Å². The van der Waals surface area contributed by atoms with Crippen LogP contribution in [0.15, 0.2) is 18.5 Å². The van der Waals surface area contributed by atoms with Gasteiger partial charge in [-0.3, -0.25) is 14.7 Å². The molecule has 1 atom stereocenters. The Morgan fingerprint density at radius 3 is 2.96 bits per heavy atom. The van der Waals surface area contributed by atoms with Gasteiger partial charge >= 0.3 is 0 Å². The summed E-state index contributed by atoms with van der Waals surface area (Å²) >= 11 is 0. The van der Waals surface area contributed by atoms with E-state index >= 15 is 0 Å². The van der Waals surface area contributed by atoms with E-state index in [0.29, 0.717) is 36.0 Å². The third-order valence-electron chi connectivity index (χ3n) is 5.48. The first-order chi connectivity index (χ1) is 12.2. The van der Waals surface area contributed by atoms with Crippen molar-refractivity contribution >= 4 is 22.8 Å². The molecule has 2 aromatic heterocycles. The number of pyridine rings is 1. The average molecular weight is 341 g/mol. The van der Waals surface area contributed by atoms with Crippen molar-refractivity contribution in [2.24, 2.45) is 11.8 Å². The summed E-state index contributed by atoms with van der Waals surface area (Å²) in [5.41, 5.74) is 1.19. The second kappa shape index (κ2) is 6.82. The highest BCUT2D eigenvalue weighted by molar-refractivity contribution is 6.05. The predicted octanol–water partition coefficient (Wildman–Crippen LogP) is 1.73. The van der Waals surface area contributed by atoms with Crippen LogP contribution in [0, 0.1) is 11.8 Å². The van der Waals surface area contributed by atoms with Crippen LogP contribution in [-0.4, -0.2) is 51.5 Å². The van der Waals surface area contributed by atoms with Gasteiger partial charge in [-0.15, -0.1) is 0 Å². The van der Waals surface area contributed by atoms with Crippen molar-refractivity contribution in [3.8, 4) is 0 Å². The Bertz CT molecular complexity index is 783. The van der Waals surface area contributed by atoms with Gasteiger partial charge in [0.2, 0.25) is 5.91 Å². The quantitative estimate of drug-likeness (QED) is 0.866. The van der Waals surface area contributed by atoms with Crippen LogP contribution in [0.25, 0.3) is 11.0 Å². The zero-order valence-electron chi connectivity index (χ0n) is 14.2. The summed E-state index contributed by atoms with van der Waals surface area (Å²) in [5, 5.41) is 10.4. The molecular formula is C18H23N5O2.